The van der Waals surface area contributed by atoms with Gasteiger partial charge in [0.25, 0.3) is 0 Å². The van der Waals surface area contributed by atoms with E-state index in [1.165, 1.54) is 6.42 Å². The maximum Gasteiger partial charge on any atom is 1.00 e. The molecule has 1 aromatic rings. The van der Waals surface area contributed by atoms with Crippen LogP contribution in [-0.2, 0) is 17.1 Å². The topological polar surface area (TPSA) is 35.5 Å². The van der Waals surface area contributed by atoms with Gasteiger partial charge in [0.05, 0.1) is 6.10 Å². The van der Waals surface area contributed by atoms with E-state index in [9.17, 15) is 5.11 Å². The second-order valence-corrected chi connectivity index (χ2v) is 5.26. The first-order valence-electron chi connectivity index (χ1n) is 7.43. The molecule has 22 heavy (non-hydrogen) atoms. The van der Waals surface area contributed by atoms with Crippen molar-refractivity contribution >= 4 is 18.9 Å². The zero-order valence-corrected chi connectivity index (χ0v) is 15.7. The molecule has 1 rings (SSSR count). The van der Waals surface area contributed by atoms with E-state index < -0.39 is 6.10 Å². The number of nitrogens with zero attached hydrogens (tertiary/aromatic N) is 1. The second-order valence-electron chi connectivity index (χ2n) is 5.26. The van der Waals surface area contributed by atoms with Crippen LogP contribution in [0.25, 0.3) is 0 Å². The first kappa shape index (κ1) is 27.1. The van der Waals surface area contributed by atoms with E-state index in [0.717, 1.165) is 25.1 Å². The summed E-state index contributed by atoms with van der Waals surface area (Å²) in [4.78, 5) is 2.12. The summed E-state index contributed by atoms with van der Waals surface area (Å²) in [5.74, 6) is 0. The maximum atomic E-state index is 10.1. The normalized spacial score (nSPS) is 12.3. The third-order valence-electron chi connectivity index (χ3n) is 2.99. The van der Waals surface area contributed by atoms with Gasteiger partial charge in [-0.1, -0.05) is 43.7 Å². The van der Waals surface area contributed by atoms with Crippen LogP contribution in [0.1, 0.15) is 38.4 Å². The Hall–Kier alpha value is 0.217. The average Bonchev–Trinajstić information content (AvgIpc) is 2.47. The standard InChI is InChI=1S/C13H22N2O.C4H9.Cu.Li/c1-11(14-9-10-15(2)3)13(16)12-7-5-4-6-8-12;1-3-4-2;;/h4-8,11,13-14,16H,9-10H2,1-3H3;1,3-4H2,2H3;;/q;-1;+1;/t11-,13?;;;/m0.../s1. The summed E-state index contributed by atoms with van der Waals surface area (Å²) < 4.78 is 0. The summed E-state index contributed by atoms with van der Waals surface area (Å²) in [6.07, 6.45) is 1.84. The van der Waals surface area contributed by atoms with E-state index in [1.54, 1.807) is 0 Å². The van der Waals surface area contributed by atoms with Crippen LogP contribution in [0.3, 0.4) is 0 Å². The molecule has 2 N–H and O–H groups in total. The van der Waals surface area contributed by atoms with Crippen molar-refractivity contribution in [2.24, 2.45) is 0 Å². The molecular weight excluding hydrogens is 319 g/mol. The molecule has 0 fully saturated rings. The van der Waals surface area contributed by atoms with Gasteiger partial charge < -0.3 is 22.2 Å². The Labute approximate surface area is 159 Å². The number of hydrogen-bond donors (Lipinski definition) is 2. The van der Waals surface area contributed by atoms with Gasteiger partial charge in [0.2, 0.25) is 0 Å². The fourth-order valence-electron chi connectivity index (χ4n) is 1.57. The largest absolute Gasteiger partial charge is 1.00 e. The van der Waals surface area contributed by atoms with E-state index in [1.807, 2.05) is 51.4 Å². The van der Waals surface area contributed by atoms with Crippen LogP contribution >= 0.6 is 0 Å². The number of likely N-dealkylation sites (N-methyl/N-ethyl adjacent to an activating group) is 1. The number of benzene rings is 1. The summed E-state index contributed by atoms with van der Waals surface area (Å²) in [5, 5.41) is 13.4. The third-order valence-corrected chi connectivity index (χ3v) is 2.99. The van der Waals surface area contributed by atoms with Crippen molar-refractivity contribution in [2.45, 2.75) is 38.8 Å². The van der Waals surface area contributed by atoms with Gasteiger partial charge in [-0.25, -0.2) is 0 Å². The molecule has 0 saturated carbocycles. The van der Waals surface area contributed by atoms with Gasteiger partial charge in [-0.2, -0.15) is 6.42 Å². The molecule has 0 aromatic heterocycles. The Kier molecular flexibility index (Phi) is 21.6. The molecule has 5 heteroatoms. The van der Waals surface area contributed by atoms with Crippen LogP contribution in [0.5, 0.6) is 0 Å². The van der Waals surface area contributed by atoms with E-state index in [4.69, 9.17) is 0 Å². The third kappa shape index (κ3) is 13.9. The number of aliphatic hydroxyl groups excluding tert-OH is 1. The number of nitrogens with one attached hydrogen (secondary N) is 1. The van der Waals surface area contributed by atoms with Crippen molar-refractivity contribution < 1.29 is 22.2 Å². The summed E-state index contributed by atoms with van der Waals surface area (Å²) in [7, 11) is 4.08. The van der Waals surface area contributed by atoms with Gasteiger partial charge in [0.1, 0.15) is 0 Å². The molecule has 1 radical (unpaired) electrons. The first-order valence-corrected chi connectivity index (χ1v) is 7.43. The molecule has 127 valence electrons. The maximum absolute atomic E-state index is 10.1. The molecule has 2 atom stereocenters. The van der Waals surface area contributed by atoms with Crippen molar-refractivity contribution in [3.8, 4) is 0 Å². The molecule has 0 saturated heterocycles. The summed E-state index contributed by atoms with van der Waals surface area (Å²) in [6.45, 7) is 9.59. The zero-order chi connectivity index (χ0) is 15.4. The minimum atomic E-state index is -0.441. The van der Waals surface area contributed by atoms with Gasteiger partial charge in [0, 0.05) is 38.0 Å². The molecule has 1 unspecified atom stereocenters. The second kappa shape index (κ2) is 17.6. The van der Waals surface area contributed by atoms with Gasteiger partial charge in [-0.3, -0.25) is 0 Å². The molecule has 0 aliphatic heterocycles. The van der Waals surface area contributed by atoms with Crippen molar-refractivity contribution in [1.29, 1.82) is 0 Å². The summed E-state index contributed by atoms with van der Waals surface area (Å²) >= 11 is 0. The SMILES string of the molecule is C[C@H](NCCN(C)C)C(O)c1ccccc1.[CH2-]CCC.[Cu+].[Li]. The Morgan fingerprint density at radius 2 is 1.73 bits per heavy atom. The van der Waals surface area contributed by atoms with Crippen molar-refractivity contribution in [2.75, 3.05) is 27.2 Å². The van der Waals surface area contributed by atoms with Gasteiger partial charge >= 0.3 is 17.1 Å². The zero-order valence-electron chi connectivity index (χ0n) is 14.8. The number of rotatable bonds is 7. The number of unbranched alkanes of at least 4 members (excludes halogenated alkanes) is 1. The van der Waals surface area contributed by atoms with Crippen LogP contribution in [0.2, 0.25) is 0 Å². The fraction of sp³-hybridized carbons (Fsp3) is 0.588. The van der Waals surface area contributed by atoms with Gasteiger partial charge in [0.15, 0.2) is 0 Å². The Morgan fingerprint density at radius 1 is 1.23 bits per heavy atom. The molecular formula is C17H31CuLiN2O. The average molecular weight is 350 g/mol. The van der Waals surface area contributed by atoms with Crippen molar-refractivity contribution in [3.63, 3.8) is 0 Å². The predicted octanol–water partition coefficient (Wildman–Crippen LogP) is 2.50. The molecule has 1 aromatic carbocycles. The van der Waals surface area contributed by atoms with Crippen LogP contribution in [0, 0.1) is 6.92 Å². The molecule has 3 nitrogen and oxygen atoms in total. The van der Waals surface area contributed by atoms with E-state index in [0.29, 0.717) is 0 Å². The minimum Gasteiger partial charge on any atom is -0.387 e. The predicted molar refractivity (Wildman–Crippen MR) is 93.4 cm³/mol. The molecule has 0 bridgehead atoms. The molecule has 0 aliphatic rings. The van der Waals surface area contributed by atoms with E-state index >= 15 is 0 Å². The Morgan fingerprint density at radius 3 is 2.14 bits per heavy atom. The van der Waals surface area contributed by atoms with Crippen LogP contribution in [0.15, 0.2) is 30.3 Å². The summed E-state index contributed by atoms with van der Waals surface area (Å²) in [6, 6.07) is 9.84. The Balaban J connectivity index is -0.000000538. The van der Waals surface area contributed by atoms with Crippen molar-refractivity contribution in [1.82, 2.24) is 10.2 Å². The first-order chi connectivity index (χ1) is 9.52. The van der Waals surface area contributed by atoms with Crippen LogP contribution in [-0.4, -0.2) is 62.1 Å². The van der Waals surface area contributed by atoms with Gasteiger partial charge in [-0.15, -0.1) is 0 Å². The monoisotopic (exact) mass is 349 g/mol. The Bertz CT molecular complexity index is 324. The molecule has 0 heterocycles. The molecule has 0 amide bonds. The summed E-state index contributed by atoms with van der Waals surface area (Å²) in [5.41, 5.74) is 0.965. The number of aliphatic hydroxyl groups is 1. The van der Waals surface area contributed by atoms with E-state index in [-0.39, 0.29) is 42.0 Å². The molecule has 0 spiro atoms. The van der Waals surface area contributed by atoms with E-state index in [2.05, 4.69) is 24.1 Å². The quantitative estimate of drug-likeness (QED) is 0.586. The minimum absolute atomic E-state index is 0. The number of hydrogen-bond acceptors (Lipinski definition) is 3. The van der Waals surface area contributed by atoms with Crippen LogP contribution < -0.4 is 5.32 Å². The van der Waals surface area contributed by atoms with Crippen molar-refractivity contribution in [3.05, 3.63) is 42.8 Å². The van der Waals surface area contributed by atoms with Crippen LogP contribution in [0.4, 0.5) is 0 Å². The molecule has 0 aliphatic carbocycles. The fourth-order valence-corrected chi connectivity index (χ4v) is 1.57. The van der Waals surface area contributed by atoms with Gasteiger partial charge in [-0.05, 0) is 26.6 Å². The smallest absolute Gasteiger partial charge is 0.387 e.